The smallest absolute Gasteiger partial charge is 0.257 e. The third kappa shape index (κ3) is 3.15. The quantitative estimate of drug-likeness (QED) is 0.586. The lowest BCUT2D eigenvalue weighted by molar-refractivity contribution is 0.0913. The van der Waals surface area contributed by atoms with Gasteiger partial charge in [0.25, 0.3) is 5.91 Å². The van der Waals surface area contributed by atoms with Crippen LogP contribution in [-0.2, 0) is 0 Å². The summed E-state index contributed by atoms with van der Waals surface area (Å²) in [5, 5.41) is 20.4. The SMILES string of the molecule is O=C(NC(Cl)(Cl)C(O)Cl)c1ccccc1O. The molecule has 0 radical (unpaired) electrons. The van der Waals surface area contributed by atoms with E-state index in [0.29, 0.717) is 0 Å². The molecule has 0 fully saturated rings. The van der Waals surface area contributed by atoms with Gasteiger partial charge in [-0.15, -0.1) is 0 Å². The molecule has 4 nitrogen and oxygen atoms in total. The topological polar surface area (TPSA) is 69.6 Å². The Balaban J connectivity index is 2.85. The van der Waals surface area contributed by atoms with Gasteiger partial charge in [-0.3, -0.25) is 4.79 Å². The first kappa shape index (κ1) is 13.4. The Bertz CT molecular complexity index is 395. The number of rotatable bonds is 3. The highest BCUT2D eigenvalue weighted by Crippen LogP contribution is 2.26. The number of nitrogens with one attached hydrogen (secondary N) is 1. The average Bonchev–Trinajstić information content (AvgIpc) is 2.17. The lowest BCUT2D eigenvalue weighted by Crippen LogP contribution is -2.45. The number of hydrogen-bond acceptors (Lipinski definition) is 3. The van der Waals surface area contributed by atoms with Crippen molar-refractivity contribution >= 4 is 40.7 Å². The Kier molecular flexibility index (Phi) is 4.27. The zero-order chi connectivity index (χ0) is 12.3. The molecule has 7 heteroatoms. The van der Waals surface area contributed by atoms with Crippen molar-refractivity contribution < 1.29 is 15.0 Å². The normalized spacial score (nSPS) is 13.2. The van der Waals surface area contributed by atoms with E-state index in [-0.39, 0.29) is 11.3 Å². The number of para-hydroxylation sites is 1. The molecule has 0 aliphatic heterocycles. The van der Waals surface area contributed by atoms with E-state index < -0.39 is 15.9 Å². The molecule has 88 valence electrons. The Morgan fingerprint density at radius 1 is 1.38 bits per heavy atom. The molecule has 1 amide bonds. The molecule has 0 saturated heterocycles. The van der Waals surface area contributed by atoms with Gasteiger partial charge in [-0.05, 0) is 12.1 Å². The zero-order valence-electron chi connectivity index (χ0n) is 7.82. The number of hydrogen-bond donors (Lipinski definition) is 3. The van der Waals surface area contributed by atoms with Gasteiger partial charge >= 0.3 is 0 Å². The number of phenolic OH excluding ortho intramolecular Hbond substituents is 1. The van der Waals surface area contributed by atoms with Crippen LogP contribution in [0.1, 0.15) is 10.4 Å². The molecule has 0 spiro atoms. The number of aliphatic hydroxyl groups excluding tert-OH is 1. The minimum absolute atomic E-state index is 0.0227. The van der Waals surface area contributed by atoms with Gasteiger partial charge in [0.2, 0.25) is 4.46 Å². The van der Waals surface area contributed by atoms with Crippen LogP contribution in [-0.4, -0.2) is 26.1 Å². The third-order valence-corrected chi connectivity index (χ3v) is 2.88. The van der Waals surface area contributed by atoms with Crippen LogP contribution in [0.2, 0.25) is 0 Å². The van der Waals surface area contributed by atoms with Crippen LogP contribution in [0.4, 0.5) is 0 Å². The monoisotopic (exact) mass is 283 g/mol. The van der Waals surface area contributed by atoms with Crippen LogP contribution >= 0.6 is 34.8 Å². The van der Waals surface area contributed by atoms with E-state index in [1.807, 2.05) is 0 Å². The number of carbonyl (C=O) groups is 1. The van der Waals surface area contributed by atoms with Crippen molar-refractivity contribution in [3.8, 4) is 5.75 Å². The highest BCUT2D eigenvalue weighted by atomic mass is 35.5. The number of benzene rings is 1. The maximum absolute atomic E-state index is 11.6. The van der Waals surface area contributed by atoms with E-state index in [1.165, 1.54) is 12.1 Å². The molecular weight excluding hydrogens is 276 g/mol. The molecule has 0 aliphatic rings. The largest absolute Gasteiger partial charge is 0.507 e. The van der Waals surface area contributed by atoms with E-state index in [9.17, 15) is 9.90 Å². The molecule has 1 atom stereocenters. The predicted molar refractivity (Wildman–Crippen MR) is 61.9 cm³/mol. The molecule has 0 heterocycles. The Morgan fingerprint density at radius 2 is 1.94 bits per heavy atom. The van der Waals surface area contributed by atoms with Crippen LogP contribution in [0.15, 0.2) is 24.3 Å². The summed E-state index contributed by atoms with van der Waals surface area (Å²) in [5.41, 5.74) is -1.70. The van der Waals surface area contributed by atoms with Crippen molar-refractivity contribution in [2.45, 2.75) is 10.0 Å². The summed E-state index contributed by atoms with van der Waals surface area (Å²) in [6, 6.07) is 5.80. The molecule has 16 heavy (non-hydrogen) atoms. The number of phenols is 1. The second kappa shape index (κ2) is 5.10. The van der Waals surface area contributed by atoms with Gasteiger partial charge in [-0.2, -0.15) is 0 Å². The van der Waals surface area contributed by atoms with Crippen LogP contribution in [0.5, 0.6) is 5.75 Å². The highest BCUT2D eigenvalue weighted by Gasteiger charge is 2.34. The van der Waals surface area contributed by atoms with Gasteiger partial charge in [0.05, 0.1) is 5.56 Å². The lowest BCUT2D eigenvalue weighted by Gasteiger charge is -2.22. The van der Waals surface area contributed by atoms with Crippen LogP contribution in [0.25, 0.3) is 0 Å². The Labute approximate surface area is 107 Å². The van der Waals surface area contributed by atoms with E-state index >= 15 is 0 Å². The van der Waals surface area contributed by atoms with E-state index in [1.54, 1.807) is 12.1 Å². The van der Waals surface area contributed by atoms with Crippen molar-refractivity contribution in [3.05, 3.63) is 29.8 Å². The van der Waals surface area contributed by atoms with Gasteiger partial charge < -0.3 is 15.5 Å². The molecule has 0 aliphatic carbocycles. The first-order chi connectivity index (χ1) is 7.34. The van der Waals surface area contributed by atoms with Gasteiger partial charge in [-0.25, -0.2) is 0 Å². The number of aliphatic hydroxyl groups is 1. The number of halogens is 3. The second-order valence-electron chi connectivity index (χ2n) is 2.93. The third-order valence-electron chi connectivity index (χ3n) is 1.73. The number of aromatic hydroxyl groups is 1. The molecule has 1 aromatic carbocycles. The van der Waals surface area contributed by atoms with Gasteiger partial charge in [0.1, 0.15) is 5.75 Å². The van der Waals surface area contributed by atoms with Gasteiger partial charge in [0.15, 0.2) is 5.56 Å². The summed E-state index contributed by atoms with van der Waals surface area (Å²) in [6.07, 6.45) is 0. The maximum atomic E-state index is 11.6. The minimum atomic E-state index is -2.03. The average molecular weight is 285 g/mol. The molecule has 0 saturated carbocycles. The molecular formula is C9H8Cl3NO3. The minimum Gasteiger partial charge on any atom is -0.507 e. The predicted octanol–water partition coefficient (Wildman–Crippen LogP) is 1.81. The second-order valence-corrected chi connectivity index (χ2v) is 4.73. The molecule has 3 N–H and O–H groups in total. The molecule has 1 rings (SSSR count). The first-order valence-electron chi connectivity index (χ1n) is 4.15. The number of amides is 1. The Hall–Kier alpha value is -0.680. The fraction of sp³-hybridized carbons (Fsp3) is 0.222. The standard InChI is InChI=1S/C9H8Cl3NO3/c10-8(16)9(11,12)13-7(15)5-3-1-2-4-6(5)14/h1-4,8,14,16H,(H,13,15). The summed E-state index contributed by atoms with van der Waals surface area (Å²) in [7, 11) is 0. The fourth-order valence-corrected chi connectivity index (χ4v) is 1.17. The van der Waals surface area contributed by atoms with Crippen LogP contribution < -0.4 is 5.32 Å². The highest BCUT2D eigenvalue weighted by molar-refractivity contribution is 6.52. The maximum Gasteiger partial charge on any atom is 0.257 e. The van der Waals surface area contributed by atoms with E-state index in [0.717, 1.165) is 0 Å². The van der Waals surface area contributed by atoms with Crippen molar-refractivity contribution in [1.29, 1.82) is 0 Å². The van der Waals surface area contributed by atoms with E-state index in [4.69, 9.17) is 39.9 Å². The number of alkyl halides is 3. The van der Waals surface area contributed by atoms with Gasteiger partial charge in [0, 0.05) is 0 Å². The first-order valence-corrected chi connectivity index (χ1v) is 5.34. The summed E-state index contributed by atoms with van der Waals surface area (Å²) in [5.74, 6) is -0.976. The molecule has 1 aromatic rings. The lowest BCUT2D eigenvalue weighted by atomic mass is 10.2. The van der Waals surface area contributed by atoms with Crippen LogP contribution in [0.3, 0.4) is 0 Å². The molecule has 0 bridgehead atoms. The van der Waals surface area contributed by atoms with Crippen molar-refractivity contribution in [3.63, 3.8) is 0 Å². The summed E-state index contributed by atoms with van der Waals surface area (Å²) >= 11 is 16.3. The van der Waals surface area contributed by atoms with Crippen molar-refractivity contribution in [2.24, 2.45) is 0 Å². The van der Waals surface area contributed by atoms with E-state index in [2.05, 4.69) is 5.32 Å². The van der Waals surface area contributed by atoms with Crippen molar-refractivity contribution in [2.75, 3.05) is 0 Å². The van der Waals surface area contributed by atoms with Crippen molar-refractivity contribution in [1.82, 2.24) is 5.32 Å². The Morgan fingerprint density at radius 3 is 2.44 bits per heavy atom. The molecule has 0 aromatic heterocycles. The molecule has 1 unspecified atom stereocenters. The summed E-state index contributed by atoms with van der Waals surface area (Å²) in [4.78, 5) is 11.6. The fourth-order valence-electron chi connectivity index (χ4n) is 0.944. The summed E-state index contributed by atoms with van der Waals surface area (Å²) in [6.45, 7) is 0. The van der Waals surface area contributed by atoms with Crippen LogP contribution in [0, 0.1) is 0 Å². The number of carbonyl (C=O) groups excluding carboxylic acids is 1. The van der Waals surface area contributed by atoms with Gasteiger partial charge in [-0.1, -0.05) is 46.9 Å². The zero-order valence-corrected chi connectivity index (χ0v) is 10.1. The summed E-state index contributed by atoms with van der Waals surface area (Å²) < 4.78 is -2.03.